The van der Waals surface area contributed by atoms with Gasteiger partial charge in [0, 0.05) is 13.3 Å². The first-order valence-electron chi connectivity index (χ1n) is 7.96. The third-order valence-electron chi connectivity index (χ3n) is 4.27. The van der Waals surface area contributed by atoms with Gasteiger partial charge in [0.15, 0.2) is 12.6 Å². The molecule has 0 saturated carbocycles. The minimum absolute atomic E-state index is 0.146. The molecule has 2 heterocycles. The number of ether oxygens (including phenoxy) is 3. The molecular weight excluding hydrogens is 342 g/mol. The molecule has 2 aliphatic rings. The van der Waals surface area contributed by atoms with Crippen LogP contribution in [0.5, 0.6) is 0 Å². The van der Waals surface area contributed by atoms with E-state index in [2.05, 4.69) is 5.32 Å². The molecule has 0 aromatic heterocycles. The fraction of sp³-hybridized carbons (Fsp3) is 0.929. The van der Waals surface area contributed by atoms with Gasteiger partial charge in [-0.1, -0.05) is 0 Å². The zero-order chi connectivity index (χ0) is 18.7. The minimum atomic E-state index is -1.55. The molecule has 0 spiro atoms. The second-order valence-electron chi connectivity index (χ2n) is 6.15. The van der Waals surface area contributed by atoms with Crippen LogP contribution < -0.4 is 5.32 Å². The van der Waals surface area contributed by atoms with Crippen molar-refractivity contribution in [1.82, 2.24) is 5.32 Å². The Hall–Kier alpha value is -0.890. The van der Waals surface area contributed by atoms with Gasteiger partial charge in [-0.3, -0.25) is 4.79 Å². The highest BCUT2D eigenvalue weighted by molar-refractivity contribution is 5.73. The van der Waals surface area contributed by atoms with Gasteiger partial charge in [-0.2, -0.15) is 0 Å². The smallest absolute Gasteiger partial charge is 0.217 e. The van der Waals surface area contributed by atoms with Gasteiger partial charge < -0.3 is 50.2 Å². The number of aliphatic hydroxyl groups is 6. The van der Waals surface area contributed by atoms with E-state index < -0.39 is 74.4 Å². The Morgan fingerprint density at radius 3 is 2.28 bits per heavy atom. The molecule has 11 nitrogen and oxygen atoms in total. The highest BCUT2D eigenvalue weighted by Crippen LogP contribution is 2.28. The molecule has 2 aliphatic heterocycles. The van der Waals surface area contributed by atoms with E-state index in [1.54, 1.807) is 0 Å². The molecule has 0 aliphatic carbocycles. The van der Waals surface area contributed by atoms with Gasteiger partial charge in [0.25, 0.3) is 0 Å². The van der Waals surface area contributed by atoms with Gasteiger partial charge in [0.2, 0.25) is 5.91 Å². The Morgan fingerprint density at radius 2 is 1.72 bits per heavy atom. The second-order valence-corrected chi connectivity index (χ2v) is 6.15. The predicted molar refractivity (Wildman–Crippen MR) is 78.8 cm³/mol. The maximum absolute atomic E-state index is 11.2. The van der Waals surface area contributed by atoms with Crippen LogP contribution in [-0.2, 0) is 19.0 Å². The monoisotopic (exact) mass is 367 g/mol. The summed E-state index contributed by atoms with van der Waals surface area (Å²) in [5, 5.41) is 60.7. The largest absolute Gasteiger partial charge is 0.394 e. The number of carbonyl (C=O) groups excluding carboxylic acids is 1. The van der Waals surface area contributed by atoms with Gasteiger partial charge in [0.1, 0.15) is 36.6 Å². The number of hydrogen-bond acceptors (Lipinski definition) is 10. The summed E-state index contributed by atoms with van der Waals surface area (Å²) < 4.78 is 16.0. The van der Waals surface area contributed by atoms with Gasteiger partial charge >= 0.3 is 0 Å². The Kier molecular flexibility index (Phi) is 7.08. The van der Waals surface area contributed by atoms with Crippen molar-refractivity contribution in [3.8, 4) is 0 Å². The van der Waals surface area contributed by atoms with E-state index in [4.69, 9.17) is 14.2 Å². The molecule has 4 unspecified atom stereocenters. The van der Waals surface area contributed by atoms with E-state index in [-0.39, 0.29) is 6.42 Å². The van der Waals surface area contributed by atoms with Gasteiger partial charge in [-0.25, -0.2) is 0 Å². The average Bonchev–Trinajstić information content (AvgIpc) is 2.56. The van der Waals surface area contributed by atoms with Crippen molar-refractivity contribution in [3.63, 3.8) is 0 Å². The van der Waals surface area contributed by atoms with Crippen LogP contribution in [0.3, 0.4) is 0 Å². The normalized spacial score (nSPS) is 45.2. The molecule has 11 heteroatoms. The summed E-state index contributed by atoms with van der Waals surface area (Å²) in [6.07, 6.45) is -10.2. The van der Waals surface area contributed by atoms with Crippen molar-refractivity contribution in [3.05, 3.63) is 0 Å². The fourth-order valence-electron chi connectivity index (χ4n) is 2.97. The van der Waals surface area contributed by atoms with Crippen LogP contribution in [0.15, 0.2) is 0 Å². The maximum Gasteiger partial charge on any atom is 0.217 e. The van der Waals surface area contributed by atoms with Crippen molar-refractivity contribution in [2.75, 3.05) is 13.2 Å². The molecule has 2 saturated heterocycles. The summed E-state index contributed by atoms with van der Waals surface area (Å²) >= 11 is 0. The number of hydrogen-bond donors (Lipinski definition) is 7. The van der Waals surface area contributed by atoms with Crippen LogP contribution in [-0.4, -0.2) is 105 Å². The molecule has 2 fully saturated rings. The Labute approximate surface area is 143 Å². The summed E-state index contributed by atoms with van der Waals surface area (Å²) in [6.45, 7) is 0.0483. The molecule has 0 radical (unpaired) electrons. The van der Waals surface area contributed by atoms with E-state index in [1.165, 1.54) is 6.92 Å². The lowest BCUT2D eigenvalue weighted by Gasteiger charge is -2.45. The summed E-state index contributed by atoms with van der Waals surface area (Å²) in [4.78, 5) is 11.2. The third-order valence-corrected chi connectivity index (χ3v) is 4.27. The standard InChI is InChI=1S/C14H25NO10/c1-5(18)15-10-12(21)13(8(4-17)24-14(10)22)25-9-2-6(19)11(20)7(3-16)23-9/h6-14,16-17,19-22H,2-4H2,1H3,(H,15,18)/t6?,7?,8-,9?,10-,11?,12-,13-,14-/m1/s1. The Bertz CT molecular complexity index is 451. The first kappa shape index (κ1) is 20.4. The molecule has 146 valence electrons. The van der Waals surface area contributed by atoms with E-state index in [0.717, 1.165) is 0 Å². The predicted octanol–water partition coefficient (Wildman–Crippen LogP) is -4.22. The summed E-state index contributed by atoms with van der Waals surface area (Å²) in [7, 11) is 0. The van der Waals surface area contributed by atoms with Crippen molar-refractivity contribution in [1.29, 1.82) is 0 Å². The topological polar surface area (TPSA) is 178 Å². The number of carbonyl (C=O) groups is 1. The van der Waals surface area contributed by atoms with Gasteiger partial charge in [-0.05, 0) is 0 Å². The quantitative estimate of drug-likeness (QED) is 0.252. The summed E-state index contributed by atoms with van der Waals surface area (Å²) in [6, 6.07) is -1.20. The number of amides is 1. The highest BCUT2D eigenvalue weighted by atomic mass is 16.7. The van der Waals surface area contributed by atoms with Crippen LogP contribution in [0, 0.1) is 0 Å². The SMILES string of the molecule is CC(=O)N[C@@H]1[C@@H](O)[C@H](OC2CC(O)C(O)C(CO)O2)[C@@H](CO)O[C@H]1O. The van der Waals surface area contributed by atoms with Crippen LogP contribution in [0.4, 0.5) is 0 Å². The Balaban J connectivity index is 2.10. The molecule has 9 atom stereocenters. The van der Waals surface area contributed by atoms with E-state index >= 15 is 0 Å². The molecule has 7 N–H and O–H groups in total. The van der Waals surface area contributed by atoms with Crippen LogP contribution >= 0.6 is 0 Å². The number of aliphatic hydroxyl groups excluding tert-OH is 6. The lowest BCUT2D eigenvalue weighted by Crippen LogP contribution is -2.65. The third kappa shape index (κ3) is 4.64. The van der Waals surface area contributed by atoms with E-state index in [9.17, 15) is 35.4 Å². The first-order chi connectivity index (χ1) is 11.8. The van der Waals surface area contributed by atoms with E-state index in [1.807, 2.05) is 0 Å². The number of nitrogens with one attached hydrogen (secondary N) is 1. The zero-order valence-corrected chi connectivity index (χ0v) is 13.6. The molecule has 0 bridgehead atoms. The summed E-state index contributed by atoms with van der Waals surface area (Å²) in [5.41, 5.74) is 0. The van der Waals surface area contributed by atoms with Crippen molar-refractivity contribution in [2.24, 2.45) is 0 Å². The molecule has 25 heavy (non-hydrogen) atoms. The highest BCUT2D eigenvalue weighted by Gasteiger charge is 2.48. The minimum Gasteiger partial charge on any atom is -0.394 e. The van der Waals surface area contributed by atoms with Gasteiger partial charge in [0.05, 0.1) is 19.3 Å². The zero-order valence-electron chi connectivity index (χ0n) is 13.6. The molecule has 1 amide bonds. The summed E-state index contributed by atoms with van der Waals surface area (Å²) in [5.74, 6) is -0.513. The first-order valence-corrected chi connectivity index (χ1v) is 7.96. The lowest BCUT2D eigenvalue weighted by molar-refractivity contribution is -0.321. The van der Waals surface area contributed by atoms with Crippen LogP contribution in [0.25, 0.3) is 0 Å². The molecule has 0 aromatic carbocycles. The Morgan fingerprint density at radius 1 is 1.08 bits per heavy atom. The number of rotatable bonds is 5. The molecular formula is C14H25NO10. The van der Waals surface area contributed by atoms with Crippen molar-refractivity contribution in [2.45, 2.75) is 68.6 Å². The van der Waals surface area contributed by atoms with Crippen LogP contribution in [0.2, 0.25) is 0 Å². The second kappa shape index (κ2) is 8.66. The fourth-order valence-corrected chi connectivity index (χ4v) is 2.97. The average molecular weight is 367 g/mol. The van der Waals surface area contributed by atoms with Crippen molar-refractivity contribution < 1.29 is 49.6 Å². The van der Waals surface area contributed by atoms with Gasteiger partial charge in [-0.15, -0.1) is 0 Å². The van der Waals surface area contributed by atoms with E-state index in [0.29, 0.717) is 0 Å². The molecule has 2 rings (SSSR count). The van der Waals surface area contributed by atoms with Crippen LogP contribution in [0.1, 0.15) is 13.3 Å². The lowest BCUT2D eigenvalue weighted by atomic mass is 9.96. The molecule has 0 aromatic rings. The van der Waals surface area contributed by atoms with Crippen molar-refractivity contribution >= 4 is 5.91 Å². The maximum atomic E-state index is 11.2.